The fraction of sp³-hybridized carbons (Fsp3) is 0.765. The van der Waals surface area contributed by atoms with E-state index >= 15 is 0 Å². The maximum absolute atomic E-state index is 5.42. The van der Waals surface area contributed by atoms with Crippen molar-refractivity contribution in [2.24, 2.45) is 16.3 Å². The lowest BCUT2D eigenvalue weighted by Crippen LogP contribution is -2.40. The summed E-state index contributed by atoms with van der Waals surface area (Å²) in [4.78, 5) is 4.35. The molecule has 1 aromatic rings. The van der Waals surface area contributed by atoms with E-state index in [2.05, 4.69) is 34.6 Å². The first kappa shape index (κ1) is 15.4. The van der Waals surface area contributed by atoms with Gasteiger partial charge in [0.05, 0.1) is 5.69 Å². The normalized spacial score (nSPS) is 20.0. The van der Waals surface area contributed by atoms with Gasteiger partial charge in [-0.05, 0) is 43.4 Å². The molecule has 0 amide bonds. The van der Waals surface area contributed by atoms with E-state index in [1.165, 1.54) is 31.2 Å². The predicted molar refractivity (Wildman–Crippen MR) is 87.9 cm³/mol. The number of aliphatic imine (C=N–C) groups is 1. The van der Waals surface area contributed by atoms with Crippen molar-refractivity contribution in [1.82, 2.24) is 15.8 Å². The molecule has 5 nitrogen and oxygen atoms in total. The Balaban J connectivity index is 1.54. The summed E-state index contributed by atoms with van der Waals surface area (Å²) in [6.45, 7) is 6.00. The van der Waals surface area contributed by atoms with Gasteiger partial charge in [0.25, 0.3) is 0 Å². The summed E-state index contributed by atoms with van der Waals surface area (Å²) >= 11 is 0. The van der Waals surface area contributed by atoms with E-state index < -0.39 is 0 Å². The summed E-state index contributed by atoms with van der Waals surface area (Å²) in [6, 6.07) is 0. The number of aromatic nitrogens is 1. The van der Waals surface area contributed by atoms with Crippen molar-refractivity contribution in [3.05, 3.63) is 17.0 Å². The zero-order chi connectivity index (χ0) is 15.6. The fourth-order valence-electron chi connectivity index (χ4n) is 3.38. The van der Waals surface area contributed by atoms with Gasteiger partial charge in [0.15, 0.2) is 5.96 Å². The molecule has 2 fully saturated rings. The third-order valence-electron chi connectivity index (χ3n) is 5.21. The van der Waals surface area contributed by atoms with E-state index in [0.717, 1.165) is 49.3 Å². The molecule has 0 aromatic carbocycles. The number of nitrogens with one attached hydrogen (secondary N) is 2. The van der Waals surface area contributed by atoms with Crippen LogP contribution in [-0.4, -0.2) is 24.7 Å². The topological polar surface area (TPSA) is 62.5 Å². The lowest BCUT2D eigenvalue weighted by Gasteiger charge is -2.18. The Morgan fingerprint density at radius 1 is 1.27 bits per heavy atom. The van der Waals surface area contributed by atoms with Crippen molar-refractivity contribution in [3.63, 3.8) is 0 Å². The lowest BCUT2D eigenvalue weighted by atomic mass is 10.0. The molecular formula is C17H28N4O. The number of rotatable bonds is 7. The predicted octanol–water partition coefficient (Wildman–Crippen LogP) is 2.65. The molecule has 0 saturated heterocycles. The molecule has 3 rings (SSSR count). The monoisotopic (exact) mass is 304 g/mol. The number of hydrogen-bond donors (Lipinski definition) is 2. The average molecular weight is 304 g/mol. The van der Waals surface area contributed by atoms with Gasteiger partial charge in [-0.1, -0.05) is 19.0 Å². The van der Waals surface area contributed by atoms with Gasteiger partial charge >= 0.3 is 0 Å². The van der Waals surface area contributed by atoms with Crippen molar-refractivity contribution in [3.8, 4) is 0 Å². The molecule has 0 bridgehead atoms. The Morgan fingerprint density at radius 3 is 2.59 bits per heavy atom. The summed E-state index contributed by atoms with van der Waals surface area (Å²) in [5.41, 5.74) is 2.82. The second kappa shape index (κ2) is 6.31. The SMILES string of the molecule is CCc1noc(CC)c1CNC(=NC)NCC1(C2CC2)CC1. The first-order valence-corrected chi connectivity index (χ1v) is 8.63. The lowest BCUT2D eigenvalue weighted by molar-refractivity contribution is 0.380. The van der Waals surface area contributed by atoms with Gasteiger partial charge in [-0.15, -0.1) is 0 Å². The molecule has 2 aliphatic carbocycles. The van der Waals surface area contributed by atoms with Gasteiger partial charge in [0.1, 0.15) is 5.76 Å². The van der Waals surface area contributed by atoms with E-state index in [0.29, 0.717) is 5.41 Å². The van der Waals surface area contributed by atoms with Crippen molar-refractivity contribution >= 4 is 5.96 Å². The maximum Gasteiger partial charge on any atom is 0.191 e. The maximum atomic E-state index is 5.42. The average Bonchev–Trinajstić information content (AvgIpc) is 3.44. The molecule has 1 heterocycles. The Bertz CT molecular complexity index is 519. The highest BCUT2D eigenvalue weighted by Gasteiger charge is 2.53. The van der Waals surface area contributed by atoms with Crippen LogP contribution in [0, 0.1) is 11.3 Å². The molecule has 0 spiro atoms. The van der Waals surface area contributed by atoms with E-state index in [4.69, 9.17) is 4.52 Å². The van der Waals surface area contributed by atoms with Gasteiger partial charge in [-0.3, -0.25) is 4.99 Å². The summed E-state index contributed by atoms with van der Waals surface area (Å²) in [5.74, 6) is 2.84. The van der Waals surface area contributed by atoms with Gasteiger partial charge in [0.2, 0.25) is 0 Å². The highest BCUT2D eigenvalue weighted by molar-refractivity contribution is 5.79. The van der Waals surface area contributed by atoms with E-state index in [9.17, 15) is 0 Å². The van der Waals surface area contributed by atoms with Crippen LogP contribution in [0.25, 0.3) is 0 Å². The third-order valence-corrected chi connectivity index (χ3v) is 5.21. The molecule has 0 radical (unpaired) electrons. The second-order valence-electron chi connectivity index (χ2n) is 6.65. The van der Waals surface area contributed by atoms with Crippen LogP contribution in [0.4, 0.5) is 0 Å². The number of guanidine groups is 1. The Hall–Kier alpha value is -1.52. The van der Waals surface area contributed by atoms with E-state index in [-0.39, 0.29) is 0 Å². The summed E-state index contributed by atoms with van der Waals surface area (Å²) in [7, 11) is 1.83. The summed E-state index contributed by atoms with van der Waals surface area (Å²) < 4.78 is 5.42. The molecule has 2 saturated carbocycles. The molecule has 0 atom stereocenters. The smallest absolute Gasteiger partial charge is 0.191 e. The minimum Gasteiger partial charge on any atom is -0.361 e. The second-order valence-corrected chi connectivity index (χ2v) is 6.65. The van der Waals surface area contributed by atoms with Crippen LogP contribution in [-0.2, 0) is 19.4 Å². The van der Waals surface area contributed by atoms with Crippen LogP contribution < -0.4 is 10.6 Å². The zero-order valence-electron chi connectivity index (χ0n) is 14.0. The number of hydrogen-bond acceptors (Lipinski definition) is 3. The summed E-state index contributed by atoms with van der Waals surface area (Å²) in [5, 5.41) is 11.1. The standard InChI is InChI=1S/C17H28N4O/c1-4-14-13(15(5-2)22-21-14)10-19-16(18-3)20-11-17(8-9-17)12-6-7-12/h12H,4-11H2,1-3H3,(H2,18,19,20). The van der Waals surface area contributed by atoms with Crippen LogP contribution in [0.3, 0.4) is 0 Å². The molecule has 2 N–H and O–H groups in total. The van der Waals surface area contributed by atoms with Gasteiger partial charge in [-0.2, -0.15) is 0 Å². The van der Waals surface area contributed by atoms with Gasteiger partial charge in [0, 0.05) is 32.1 Å². The first-order valence-electron chi connectivity index (χ1n) is 8.63. The molecule has 2 aliphatic rings. The minimum absolute atomic E-state index is 0.581. The molecule has 122 valence electrons. The molecule has 0 aliphatic heterocycles. The van der Waals surface area contributed by atoms with Crippen molar-refractivity contribution in [2.45, 2.75) is 58.9 Å². The Morgan fingerprint density at radius 2 is 2.05 bits per heavy atom. The van der Waals surface area contributed by atoms with Gasteiger partial charge in [-0.25, -0.2) is 0 Å². The van der Waals surface area contributed by atoms with Crippen LogP contribution >= 0.6 is 0 Å². The molecule has 1 aromatic heterocycles. The third kappa shape index (κ3) is 3.13. The summed E-state index contributed by atoms with van der Waals surface area (Å²) in [6.07, 6.45) is 7.39. The van der Waals surface area contributed by atoms with E-state index in [1.54, 1.807) is 0 Å². The molecule has 22 heavy (non-hydrogen) atoms. The number of nitrogens with zero attached hydrogens (tertiary/aromatic N) is 2. The highest BCUT2D eigenvalue weighted by atomic mass is 16.5. The van der Waals surface area contributed by atoms with Crippen molar-refractivity contribution in [2.75, 3.05) is 13.6 Å². The van der Waals surface area contributed by atoms with Crippen molar-refractivity contribution < 1.29 is 4.52 Å². The largest absolute Gasteiger partial charge is 0.361 e. The minimum atomic E-state index is 0.581. The van der Waals surface area contributed by atoms with Crippen LogP contribution in [0.5, 0.6) is 0 Å². The first-order chi connectivity index (χ1) is 10.7. The van der Waals surface area contributed by atoms with Crippen LogP contribution in [0.2, 0.25) is 0 Å². The van der Waals surface area contributed by atoms with Crippen LogP contribution in [0.1, 0.15) is 56.5 Å². The highest BCUT2D eigenvalue weighted by Crippen LogP contribution is 2.60. The van der Waals surface area contributed by atoms with E-state index in [1.807, 2.05) is 7.05 Å². The fourth-order valence-corrected chi connectivity index (χ4v) is 3.38. The van der Waals surface area contributed by atoms with Crippen molar-refractivity contribution in [1.29, 1.82) is 0 Å². The van der Waals surface area contributed by atoms with Crippen LogP contribution in [0.15, 0.2) is 9.52 Å². The Kier molecular flexibility index (Phi) is 4.41. The zero-order valence-corrected chi connectivity index (χ0v) is 14.0. The quantitative estimate of drug-likeness (QED) is 0.600. The molecule has 5 heteroatoms. The molecule has 0 unspecified atom stereocenters. The van der Waals surface area contributed by atoms with Gasteiger partial charge < -0.3 is 15.2 Å². The Labute approximate surface area is 132 Å². The number of aryl methyl sites for hydroxylation is 2. The molecular weight excluding hydrogens is 276 g/mol.